The zero-order valence-electron chi connectivity index (χ0n) is 8.69. The summed E-state index contributed by atoms with van der Waals surface area (Å²) in [6.07, 6.45) is -0.103. The minimum atomic E-state index is -0.959. The van der Waals surface area contributed by atoms with Crippen molar-refractivity contribution < 1.29 is 9.90 Å². The van der Waals surface area contributed by atoms with Crippen LogP contribution in [0.3, 0.4) is 0 Å². The van der Waals surface area contributed by atoms with E-state index in [-0.39, 0.29) is 18.8 Å². The number of nitrogens with zero attached hydrogens (tertiary/aromatic N) is 2. The van der Waals surface area contributed by atoms with E-state index in [1.54, 1.807) is 6.92 Å². The molecule has 0 saturated heterocycles. The molecule has 1 rings (SSSR count). The van der Waals surface area contributed by atoms with Crippen LogP contribution < -0.4 is 16.1 Å². The number of carboxylic acid groups (broad SMARTS) is 1. The molecule has 0 fully saturated rings. The Hall–Kier alpha value is -2.12. The van der Waals surface area contributed by atoms with Crippen molar-refractivity contribution in [1.29, 1.82) is 0 Å². The number of aromatic amines is 2. The van der Waals surface area contributed by atoms with E-state index in [4.69, 9.17) is 5.11 Å². The second kappa shape index (κ2) is 5.10. The molecule has 1 aromatic rings. The van der Waals surface area contributed by atoms with Crippen molar-refractivity contribution in [3.8, 4) is 0 Å². The Morgan fingerprint density at radius 2 is 2.19 bits per heavy atom. The van der Waals surface area contributed by atoms with Crippen LogP contribution >= 0.6 is 0 Å². The standard InChI is InChI=1S/C8H12N4O4/c1-2-12(4-3-5(13)14)6-7(15)9-8(16)11-10-6/h2-4H2,1H3,(H,13,14)(H2,9,11,15,16). The van der Waals surface area contributed by atoms with Gasteiger partial charge < -0.3 is 10.0 Å². The number of anilines is 1. The molecule has 16 heavy (non-hydrogen) atoms. The van der Waals surface area contributed by atoms with Crippen molar-refractivity contribution in [2.45, 2.75) is 13.3 Å². The minimum absolute atomic E-state index is 0.0170. The summed E-state index contributed by atoms with van der Waals surface area (Å²) in [5, 5.41) is 14.2. The van der Waals surface area contributed by atoms with Crippen molar-refractivity contribution in [2.75, 3.05) is 18.0 Å². The molecule has 1 heterocycles. The molecule has 0 atom stereocenters. The van der Waals surface area contributed by atoms with Crippen molar-refractivity contribution in [3.05, 3.63) is 20.8 Å². The number of aliphatic carboxylic acids is 1. The monoisotopic (exact) mass is 228 g/mol. The smallest absolute Gasteiger partial charge is 0.342 e. The van der Waals surface area contributed by atoms with E-state index in [1.165, 1.54) is 4.90 Å². The van der Waals surface area contributed by atoms with Gasteiger partial charge >= 0.3 is 11.7 Å². The normalized spacial score (nSPS) is 10.1. The molecule has 0 aliphatic carbocycles. The van der Waals surface area contributed by atoms with Crippen LogP contribution in [-0.4, -0.2) is 39.3 Å². The summed E-state index contributed by atoms with van der Waals surface area (Å²) < 4.78 is 0. The lowest BCUT2D eigenvalue weighted by atomic mass is 10.4. The van der Waals surface area contributed by atoms with Gasteiger partial charge in [0.2, 0.25) is 5.82 Å². The van der Waals surface area contributed by atoms with Gasteiger partial charge in [0.05, 0.1) is 6.42 Å². The molecule has 0 spiro atoms. The van der Waals surface area contributed by atoms with Gasteiger partial charge in [-0.15, -0.1) is 5.10 Å². The summed E-state index contributed by atoms with van der Waals surface area (Å²) in [5.41, 5.74) is -1.32. The Morgan fingerprint density at radius 1 is 1.50 bits per heavy atom. The molecule has 0 aliphatic rings. The second-order valence-electron chi connectivity index (χ2n) is 3.05. The highest BCUT2D eigenvalue weighted by atomic mass is 16.4. The maximum atomic E-state index is 11.4. The van der Waals surface area contributed by atoms with Crippen LogP contribution in [0.2, 0.25) is 0 Å². The molecule has 0 aliphatic heterocycles. The SMILES string of the molecule is CCN(CCC(=O)O)c1n[nH]c(=O)[nH]c1=O. The average Bonchev–Trinajstić information content (AvgIpc) is 2.21. The van der Waals surface area contributed by atoms with Crippen LogP contribution in [0, 0.1) is 0 Å². The summed E-state index contributed by atoms with van der Waals surface area (Å²) in [5.74, 6) is -0.942. The maximum Gasteiger partial charge on any atom is 0.342 e. The number of H-pyrrole nitrogens is 2. The highest BCUT2D eigenvalue weighted by molar-refractivity contribution is 5.67. The number of rotatable bonds is 5. The lowest BCUT2D eigenvalue weighted by Crippen LogP contribution is -2.35. The van der Waals surface area contributed by atoms with Crippen LogP contribution in [-0.2, 0) is 4.79 Å². The fraction of sp³-hybridized carbons (Fsp3) is 0.500. The largest absolute Gasteiger partial charge is 0.481 e. The molecule has 1 aromatic heterocycles. The highest BCUT2D eigenvalue weighted by Crippen LogP contribution is 2.01. The van der Waals surface area contributed by atoms with Crippen LogP contribution in [0.25, 0.3) is 0 Å². The van der Waals surface area contributed by atoms with Crippen LogP contribution in [0.1, 0.15) is 13.3 Å². The van der Waals surface area contributed by atoms with E-state index in [0.717, 1.165) is 0 Å². The molecule has 8 heteroatoms. The van der Waals surface area contributed by atoms with E-state index < -0.39 is 17.2 Å². The Balaban J connectivity index is 2.91. The fourth-order valence-corrected chi connectivity index (χ4v) is 1.20. The van der Waals surface area contributed by atoms with Crippen LogP contribution in [0.5, 0.6) is 0 Å². The summed E-state index contributed by atoms with van der Waals surface area (Å²) in [4.78, 5) is 36.0. The maximum absolute atomic E-state index is 11.4. The van der Waals surface area contributed by atoms with Crippen LogP contribution in [0.15, 0.2) is 9.59 Å². The highest BCUT2D eigenvalue weighted by Gasteiger charge is 2.12. The van der Waals surface area contributed by atoms with Crippen molar-refractivity contribution >= 4 is 11.8 Å². The predicted molar refractivity (Wildman–Crippen MR) is 55.6 cm³/mol. The minimum Gasteiger partial charge on any atom is -0.481 e. The molecular formula is C8H12N4O4. The van der Waals surface area contributed by atoms with Crippen molar-refractivity contribution in [1.82, 2.24) is 15.2 Å². The lowest BCUT2D eigenvalue weighted by molar-refractivity contribution is -0.136. The van der Waals surface area contributed by atoms with Gasteiger partial charge in [0.15, 0.2) is 0 Å². The number of aromatic nitrogens is 3. The van der Waals surface area contributed by atoms with E-state index in [9.17, 15) is 14.4 Å². The third kappa shape index (κ3) is 2.94. The number of hydrogen-bond acceptors (Lipinski definition) is 5. The Morgan fingerprint density at radius 3 is 2.69 bits per heavy atom. The first-order chi connectivity index (χ1) is 7.54. The quantitative estimate of drug-likeness (QED) is 0.580. The summed E-state index contributed by atoms with van der Waals surface area (Å²) in [6.45, 7) is 2.34. The number of carboxylic acids is 1. The van der Waals surface area contributed by atoms with Gasteiger partial charge in [0.25, 0.3) is 5.56 Å². The zero-order valence-corrected chi connectivity index (χ0v) is 8.69. The van der Waals surface area contributed by atoms with Crippen molar-refractivity contribution in [2.24, 2.45) is 0 Å². The number of carbonyl (C=O) groups is 1. The van der Waals surface area contributed by atoms with E-state index in [0.29, 0.717) is 6.54 Å². The first kappa shape index (κ1) is 12.0. The van der Waals surface area contributed by atoms with E-state index in [2.05, 4.69) is 10.2 Å². The number of hydrogen-bond donors (Lipinski definition) is 3. The third-order valence-corrected chi connectivity index (χ3v) is 1.97. The lowest BCUT2D eigenvalue weighted by Gasteiger charge is -2.18. The van der Waals surface area contributed by atoms with E-state index >= 15 is 0 Å². The molecule has 8 nitrogen and oxygen atoms in total. The number of nitrogens with one attached hydrogen (secondary N) is 2. The molecule has 0 bridgehead atoms. The van der Waals surface area contributed by atoms with Gasteiger partial charge in [0, 0.05) is 13.1 Å². The molecule has 0 unspecified atom stereocenters. The molecule has 3 N–H and O–H groups in total. The van der Waals surface area contributed by atoms with E-state index in [1.807, 2.05) is 4.98 Å². The van der Waals surface area contributed by atoms with Gasteiger partial charge in [-0.2, -0.15) is 0 Å². The molecule has 0 saturated carbocycles. The Bertz CT molecular complexity index is 477. The third-order valence-electron chi connectivity index (χ3n) is 1.97. The molecule has 88 valence electrons. The van der Waals surface area contributed by atoms with Gasteiger partial charge in [0.1, 0.15) is 0 Å². The summed E-state index contributed by atoms with van der Waals surface area (Å²) in [7, 11) is 0. The average molecular weight is 228 g/mol. The Kier molecular flexibility index (Phi) is 3.81. The summed E-state index contributed by atoms with van der Waals surface area (Å²) >= 11 is 0. The molecule has 0 amide bonds. The topological polar surface area (TPSA) is 119 Å². The first-order valence-electron chi connectivity index (χ1n) is 4.70. The molecule has 0 radical (unpaired) electrons. The predicted octanol–water partition coefficient (Wildman–Crippen LogP) is -1.24. The Labute approximate surface area is 89.9 Å². The van der Waals surface area contributed by atoms with Gasteiger partial charge in [-0.25, -0.2) is 9.89 Å². The second-order valence-corrected chi connectivity index (χ2v) is 3.05. The van der Waals surface area contributed by atoms with Gasteiger partial charge in [-0.1, -0.05) is 0 Å². The zero-order chi connectivity index (χ0) is 12.1. The summed E-state index contributed by atoms with van der Waals surface area (Å²) in [6, 6.07) is 0. The van der Waals surface area contributed by atoms with Gasteiger partial charge in [-0.3, -0.25) is 14.6 Å². The fourth-order valence-electron chi connectivity index (χ4n) is 1.20. The van der Waals surface area contributed by atoms with Gasteiger partial charge in [-0.05, 0) is 6.92 Å². The molecular weight excluding hydrogens is 216 g/mol. The first-order valence-corrected chi connectivity index (χ1v) is 4.70. The molecule has 0 aromatic carbocycles. The van der Waals surface area contributed by atoms with Crippen molar-refractivity contribution in [3.63, 3.8) is 0 Å². The van der Waals surface area contributed by atoms with Crippen LogP contribution in [0.4, 0.5) is 5.82 Å².